The van der Waals surface area contributed by atoms with Crippen LogP contribution in [0.15, 0.2) is 29.0 Å². The van der Waals surface area contributed by atoms with Crippen LogP contribution in [0.25, 0.3) is 11.1 Å². The highest BCUT2D eigenvalue weighted by atomic mass is 16.5. The maximum atomic E-state index is 12.7. The number of anilines is 1. The van der Waals surface area contributed by atoms with Crippen LogP contribution in [0.3, 0.4) is 0 Å². The highest BCUT2D eigenvalue weighted by Crippen LogP contribution is 2.30. The summed E-state index contributed by atoms with van der Waals surface area (Å²) in [6.45, 7) is 9.07. The Bertz CT molecular complexity index is 1090. The van der Waals surface area contributed by atoms with Crippen molar-refractivity contribution in [2.24, 2.45) is 5.92 Å². The average molecular weight is 454 g/mol. The first-order valence-electron chi connectivity index (χ1n) is 11.6. The molecule has 1 fully saturated rings. The molecule has 1 aliphatic rings. The number of benzene rings is 1. The number of ether oxygens (including phenoxy) is 2. The topological polar surface area (TPSA) is 103 Å². The predicted molar refractivity (Wildman–Crippen MR) is 125 cm³/mol. The molecule has 3 heterocycles. The van der Waals surface area contributed by atoms with E-state index in [1.165, 1.54) is 6.33 Å². The molecule has 9 heteroatoms. The third-order valence-electron chi connectivity index (χ3n) is 5.91. The molecule has 176 valence electrons. The summed E-state index contributed by atoms with van der Waals surface area (Å²) in [5.41, 5.74) is 2.38. The number of aromatic nitrogens is 3. The molecule has 0 unspecified atom stereocenters. The number of aryl methyl sites for hydroxylation is 1. The molecule has 0 saturated carbocycles. The molecule has 1 aromatic carbocycles. The quantitative estimate of drug-likeness (QED) is 0.526. The van der Waals surface area contributed by atoms with E-state index in [0.29, 0.717) is 25.5 Å². The zero-order valence-corrected chi connectivity index (χ0v) is 19.5. The molecule has 1 aliphatic heterocycles. The first-order chi connectivity index (χ1) is 16.1. The lowest BCUT2D eigenvalue weighted by Gasteiger charge is -2.32. The van der Waals surface area contributed by atoms with Gasteiger partial charge < -0.3 is 24.2 Å². The first-order valence-corrected chi connectivity index (χ1v) is 11.6. The Labute approximate surface area is 193 Å². The van der Waals surface area contributed by atoms with E-state index in [1.54, 1.807) is 0 Å². The molecule has 1 N–H and O–H groups in total. The smallest absolute Gasteiger partial charge is 0.263 e. The number of fused-ring (bicyclic) bond motifs is 1. The molecule has 9 nitrogen and oxygen atoms in total. The van der Waals surface area contributed by atoms with Crippen molar-refractivity contribution in [2.75, 3.05) is 37.7 Å². The minimum absolute atomic E-state index is 0.00136. The molecule has 33 heavy (non-hydrogen) atoms. The van der Waals surface area contributed by atoms with Gasteiger partial charge in [0.05, 0.1) is 18.9 Å². The van der Waals surface area contributed by atoms with Crippen LogP contribution in [0.2, 0.25) is 0 Å². The number of piperidine rings is 1. The molecule has 0 aliphatic carbocycles. The van der Waals surface area contributed by atoms with Crippen molar-refractivity contribution in [3.63, 3.8) is 0 Å². The van der Waals surface area contributed by atoms with Crippen LogP contribution in [0.1, 0.15) is 37.9 Å². The molecular formula is C24H31N5O4. The third kappa shape index (κ3) is 5.18. The minimum atomic E-state index is 0.00136. The second-order valence-electron chi connectivity index (χ2n) is 8.09. The number of nitrogens with one attached hydrogen (secondary N) is 1. The van der Waals surface area contributed by atoms with Crippen LogP contribution >= 0.6 is 0 Å². The van der Waals surface area contributed by atoms with Crippen LogP contribution in [-0.2, 0) is 11.2 Å². The molecule has 0 atom stereocenters. The molecule has 0 spiro atoms. The fourth-order valence-corrected chi connectivity index (χ4v) is 4.22. The highest BCUT2D eigenvalue weighted by molar-refractivity contribution is 5.88. The van der Waals surface area contributed by atoms with Crippen LogP contribution in [-0.4, -0.2) is 53.9 Å². The van der Waals surface area contributed by atoms with Crippen LogP contribution in [0.5, 0.6) is 11.5 Å². The van der Waals surface area contributed by atoms with Crippen molar-refractivity contribution in [3.05, 3.63) is 35.8 Å². The van der Waals surface area contributed by atoms with Gasteiger partial charge in [-0.25, -0.2) is 4.98 Å². The number of carbonyl (C=O) groups excluding carboxylic acids is 1. The zero-order valence-electron chi connectivity index (χ0n) is 19.5. The largest absolute Gasteiger partial charge is 0.490 e. The molecule has 3 aromatic rings. The number of rotatable bonds is 9. The van der Waals surface area contributed by atoms with Gasteiger partial charge in [-0.05, 0) is 57.7 Å². The maximum Gasteiger partial charge on any atom is 0.263 e. The van der Waals surface area contributed by atoms with Gasteiger partial charge in [0.25, 0.3) is 5.71 Å². The lowest BCUT2D eigenvalue weighted by atomic mass is 9.95. The van der Waals surface area contributed by atoms with Crippen molar-refractivity contribution in [1.82, 2.24) is 20.4 Å². The Morgan fingerprint density at radius 2 is 1.91 bits per heavy atom. The van der Waals surface area contributed by atoms with Gasteiger partial charge in [0.15, 0.2) is 11.5 Å². The molecular weight excluding hydrogens is 422 g/mol. The summed E-state index contributed by atoms with van der Waals surface area (Å²) in [7, 11) is 0. The number of hydrogen-bond acceptors (Lipinski definition) is 8. The zero-order chi connectivity index (χ0) is 23.2. The van der Waals surface area contributed by atoms with E-state index in [9.17, 15) is 4.79 Å². The van der Waals surface area contributed by atoms with Crippen molar-refractivity contribution in [3.8, 4) is 11.5 Å². The summed E-state index contributed by atoms with van der Waals surface area (Å²) in [5.74, 6) is 2.44. The minimum Gasteiger partial charge on any atom is -0.490 e. The van der Waals surface area contributed by atoms with E-state index in [4.69, 9.17) is 14.0 Å². The monoisotopic (exact) mass is 453 g/mol. The molecule has 0 radical (unpaired) electrons. The highest BCUT2D eigenvalue weighted by Gasteiger charge is 2.27. The number of hydrogen-bond donors (Lipinski definition) is 1. The summed E-state index contributed by atoms with van der Waals surface area (Å²) in [6, 6.07) is 5.95. The number of nitrogens with zero attached hydrogens (tertiary/aromatic N) is 4. The van der Waals surface area contributed by atoms with Gasteiger partial charge in [-0.15, -0.1) is 0 Å². The average Bonchev–Trinajstić information content (AvgIpc) is 3.22. The summed E-state index contributed by atoms with van der Waals surface area (Å²) in [6.07, 6.45) is 3.79. The second-order valence-corrected chi connectivity index (χ2v) is 8.09. The van der Waals surface area contributed by atoms with Gasteiger partial charge in [0, 0.05) is 25.6 Å². The second kappa shape index (κ2) is 10.5. The van der Waals surface area contributed by atoms with E-state index in [-0.39, 0.29) is 11.8 Å². The van der Waals surface area contributed by atoms with E-state index >= 15 is 0 Å². The lowest BCUT2D eigenvalue weighted by Crippen LogP contribution is -2.41. The van der Waals surface area contributed by atoms with Crippen LogP contribution in [0, 0.1) is 12.8 Å². The van der Waals surface area contributed by atoms with Crippen molar-refractivity contribution >= 4 is 22.8 Å². The van der Waals surface area contributed by atoms with Gasteiger partial charge in [0.1, 0.15) is 17.5 Å². The SMILES string of the molecule is CCOc1ccc(CCNC(=O)C2CCN(c3ncnc4onc(C)c34)CC2)cc1OCC. The summed E-state index contributed by atoms with van der Waals surface area (Å²) in [4.78, 5) is 23.5. The van der Waals surface area contributed by atoms with Gasteiger partial charge in [-0.3, -0.25) is 4.79 Å². The Kier molecular flexibility index (Phi) is 7.26. The molecule has 0 bridgehead atoms. The predicted octanol–water partition coefficient (Wildman–Crippen LogP) is 3.30. The van der Waals surface area contributed by atoms with Gasteiger partial charge in [-0.1, -0.05) is 11.2 Å². The lowest BCUT2D eigenvalue weighted by molar-refractivity contribution is -0.125. The maximum absolute atomic E-state index is 12.7. The van der Waals surface area contributed by atoms with Gasteiger partial charge >= 0.3 is 0 Å². The van der Waals surface area contributed by atoms with Crippen LogP contribution < -0.4 is 19.7 Å². The summed E-state index contributed by atoms with van der Waals surface area (Å²) >= 11 is 0. The standard InChI is InChI=1S/C24H31N5O4/c1-4-31-19-7-6-17(14-20(19)32-5-2)8-11-25-23(30)18-9-12-29(13-10-18)22-21-16(3)28-33-24(21)27-15-26-22/h6-7,14-15,18H,4-5,8-13H2,1-3H3,(H,25,30). The van der Waals surface area contributed by atoms with E-state index in [1.807, 2.05) is 39.0 Å². The third-order valence-corrected chi connectivity index (χ3v) is 5.91. The Hall–Kier alpha value is -3.36. The van der Waals surface area contributed by atoms with E-state index in [2.05, 4.69) is 25.3 Å². The first kappa shape index (κ1) is 22.8. The molecule has 4 rings (SSSR count). The Morgan fingerprint density at radius 3 is 2.67 bits per heavy atom. The van der Waals surface area contributed by atoms with Crippen molar-refractivity contribution in [1.29, 1.82) is 0 Å². The van der Waals surface area contributed by atoms with Crippen LogP contribution in [0.4, 0.5) is 5.82 Å². The molecule has 1 saturated heterocycles. The normalized spacial score (nSPS) is 14.5. The van der Waals surface area contributed by atoms with Crippen molar-refractivity contribution in [2.45, 2.75) is 40.0 Å². The fraction of sp³-hybridized carbons (Fsp3) is 0.500. The fourth-order valence-electron chi connectivity index (χ4n) is 4.22. The summed E-state index contributed by atoms with van der Waals surface area (Å²) < 4.78 is 16.6. The number of carbonyl (C=O) groups is 1. The number of amides is 1. The van der Waals surface area contributed by atoms with E-state index in [0.717, 1.165) is 66.3 Å². The Balaban J connectivity index is 1.28. The molecule has 2 aromatic heterocycles. The Morgan fingerprint density at radius 1 is 1.15 bits per heavy atom. The van der Waals surface area contributed by atoms with E-state index < -0.39 is 0 Å². The summed E-state index contributed by atoms with van der Waals surface area (Å²) in [5, 5.41) is 7.95. The van der Waals surface area contributed by atoms with Gasteiger partial charge in [0.2, 0.25) is 5.91 Å². The van der Waals surface area contributed by atoms with Crippen molar-refractivity contribution < 1.29 is 18.8 Å². The molecule has 1 amide bonds. The van der Waals surface area contributed by atoms with Gasteiger partial charge in [-0.2, -0.15) is 4.98 Å².